The van der Waals surface area contributed by atoms with E-state index in [9.17, 15) is 0 Å². The first kappa shape index (κ1) is 16.7. The minimum absolute atomic E-state index is 0.469. The summed E-state index contributed by atoms with van der Waals surface area (Å²) in [5.74, 6) is 2.34. The molecule has 0 radical (unpaired) electrons. The molecule has 0 saturated heterocycles. The molecule has 0 amide bonds. The third-order valence-corrected chi connectivity index (χ3v) is 4.04. The van der Waals surface area contributed by atoms with Crippen LogP contribution in [0.1, 0.15) is 5.69 Å². The van der Waals surface area contributed by atoms with Gasteiger partial charge in [0.25, 0.3) is 0 Å². The largest absolute Gasteiger partial charge is 0.443 e. The van der Waals surface area contributed by atoms with Gasteiger partial charge in [-0.25, -0.2) is 4.98 Å². The van der Waals surface area contributed by atoms with Crippen molar-refractivity contribution in [2.24, 2.45) is 0 Å². The van der Waals surface area contributed by atoms with Crippen LogP contribution in [0.5, 0.6) is 0 Å². The van der Waals surface area contributed by atoms with E-state index in [0.29, 0.717) is 17.7 Å². The van der Waals surface area contributed by atoms with E-state index in [1.807, 2.05) is 61.5 Å². The van der Waals surface area contributed by atoms with Crippen LogP contribution in [-0.2, 0) is 0 Å². The maximum absolute atomic E-state index is 5.43. The van der Waals surface area contributed by atoms with Crippen LogP contribution in [-0.4, -0.2) is 27.0 Å². The lowest BCUT2D eigenvalue weighted by Crippen LogP contribution is -2.05. The average molecular weight is 358 g/mol. The fraction of sp³-hybridized carbons (Fsp3) is 0.100. The van der Waals surface area contributed by atoms with Gasteiger partial charge < -0.3 is 15.1 Å². The van der Waals surface area contributed by atoms with Crippen LogP contribution in [0.15, 0.2) is 65.4 Å². The van der Waals surface area contributed by atoms with Crippen molar-refractivity contribution in [3.05, 3.63) is 66.7 Å². The molecule has 0 unspecified atom stereocenters. The van der Waals surface area contributed by atoms with Crippen molar-refractivity contribution in [3.8, 4) is 22.7 Å². The maximum atomic E-state index is 5.43. The molecular formula is C20H18N6O. The Hall–Kier alpha value is -3.74. The predicted molar refractivity (Wildman–Crippen MR) is 105 cm³/mol. The molecular weight excluding hydrogens is 340 g/mol. The SMILES string of the molecule is CNc1nc(Nc2ccc(-c3ocnc3C)cc2)nc(-c2ccccc2)n1. The van der Waals surface area contributed by atoms with Gasteiger partial charge in [-0.2, -0.15) is 15.0 Å². The highest BCUT2D eigenvalue weighted by Gasteiger charge is 2.09. The van der Waals surface area contributed by atoms with Crippen LogP contribution in [0.2, 0.25) is 0 Å². The smallest absolute Gasteiger partial charge is 0.232 e. The van der Waals surface area contributed by atoms with E-state index < -0.39 is 0 Å². The lowest BCUT2D eigenvalue weighted by molar-refractivity contribution is 0.571. The van der Waals surface area contributed by atoms with E-state index in [4.69, 9.17) is 4.42 Å². The Kier molecular flexibility index (Phi) is 4.49. The molecule has 0 bridgehead atoms. The summed E-state index contributed by atoms with van der Waals surface area (Å²) in [4.78, 5) is 17.5. The minimum atomic E-state index is 0.469. The van der Waals surface area contributed by atoms with Crippen LogP contribution in [0.25, 0.3) is 22.7 Å². The first-order valence-electron chi connectivity index (χ1n) is 8.50. The zero-order valence-corrected chi connectivity index (χ0v) is 15.0. The monoisotopic (exact) mass is 358 g/mol. The summed E-state index contributed by atoms with van der Waals surface area (Å²) in [6.07, 6.45) is 1.45. The van der Waals surface area contributed by atoms with Crippen LogP contribution in [0.4, 0.5) is 17.6 Å². The van der Waals surface area contributed by atoms with Crippen LogP contribution in [0.3, 0.4) is 0 Å². The zero-order valence-electron chi connectivity index (χ0n) is 15.0. The third-order valence-electron chi connectivity index (χ3n) is 4.04. The Bertz CT molecular complexity index is 1040. The zero-order chi connectivity index (χ0) is 18.6. The van der Waals surface area contributed by atoms with Gasteiger partial charge in [-0.1, -0.05) is 30.3 Å². The average Bonchev–Trinajstić information content (AvgIpc) is 3.15. The molecule has 2 aromatic carbocycles. The molecule has 2 aromatic heterocycles. The highest BCUT2D eigenvalue weighted by atomic mass is 16.3. The number of hydrogen-bond donors (Lipinski definition) is 2. The Labute approximate surface area is 156 Å². The Morgan fingerprint density at radius 2 is 1.56 bits per heavy atom. The second kappa shape index (κ2) is 7.25. The number of hydrogen-bond acceptors (Lipinski definition) is 7. The fourth-order valence-corrected chi connectivity index (χ4v) is 2.67. The summed E-state index contributed by atoms with van der Waals surface area (Å²) >= 11 is 0. The van der Waals surface area contributed by atoms with Crippen molar-refractivity contribution in [2.45, 2.75) is 6.92 Å². The van der Waals surface area contributed by atoms with Gasteiger partial charge in [0.05, 0.1) is 5.69 Å². The topological polar surface area (TPSA) is 88.8 Å². The van der Waals surface area contributed by atoms with E-state index in [1.54, 1.807) is 7.05 Å². The number of aryl methyl sites for hydroxylation is 1. The number of nitrogens with zero attached hydrogens (tertiary/aromatic N) is 4. The highest BCUT2D eigenvalue weighted by Crippen LogP contribution is 2.25. The molecule has 27 heavy (non-hydrogen) atoms. The molecule has 0 saturated carbocycles. The van der Waals surface area contributed by atoms with E-state index in [2.05, 4.69) is 30.6 Å². The van der Waals surface area contributed by atoms with E-state index in [-0.39, 0.29) is 0 Å². The molecule has 0 atom stereocenters. The van der Waals surface area contributed by atoms with Gasteiger partial charge in [0.15, 0.2) is 18.0 Å². The van der Waals surface area contributed by atoms with Crippen molar-refractivity contribution in [1.29, 1.82) is 0 Å². The predicted octanol–water partition coefficient (Wildman–Crippen LogP) is 4.29. The maximum Gasteiger partial charge on any atom is 0.232 e. The summed E-state index contributed by atoms with van der Waals surface area (Å²) < 4.78 is 5.43. The normalized spacial score (nSPS) is 10.6. The second-order valence-electron chi connectivity index (χ2n) is 5.89. The van der Waals surface area contributed by atoms with Crippen LogP contribution < -0.4 is 10.6 Å². The first-order valence-corrected chi connectivity index (χ1v) is 8.50. The van der Waals surface area contributed by atoms with Crippen LogP contribution in [0, 0.1) is 6.92 Å². The summed E-state index contributed by atoms with van der Waals surface area (Å²) in [6, 6.07) is 17.6. The molecule has 4 rings (SSSR count). The molecule has 0 aliphatic heterocycles. The van der Waals surface area contributed by atoms with Gasteiger partial charge in [-0.3, -0.25) is 0 Å². The molecule has 4 aromatic rings. The number of oxazole rings is 1. The Morgan fingerprint density at radius 3 is 2.22 bits per heavy atom. The molecule has 7 nitrogen and oxygen atoms in total. The van der Waals surface area contributed by atoms with Gasteiger partial charge in [0.2, 0.25) is 11.9 Å². The summed E-state index contributed by atoms with van der Waals surface area (Å²) in [7, 11) is 1.78. The fourth-order valence-electron chi connectivity index (χ4n) is 2.67. The molecule has 2 heterocycles. The Balaban J connectivity index is 1.61. The first-order chi connectivity index (χ1) is 13.2. The molecule has 7 heteroatoms. The van der Waals surface area contributed by atoms with Gasteiger partial charge in [0.1, 0.15) is 0 Å². The van der Waals surface area contributed by atoms with Gasteiger partial charge in [0, 0.05) is 23.9 Å². The molecule has 0 fully saturated rings. The number of aromatic nitrogens is 4. The van der Waals surface area contributed by atoms with Crippen molar-refractivity contribution in [3.63, 3.8) is 0 Å². The molecule has 0 spiro atoms. The van der Waals surface area contributed by atoms with E-state index >= 15 is 0 Å². The van der Waals surface area contributed by atoms with Crippen molar-refractivity contribution in [2.75, 3.05) is 17.7 Å². The van der Waals surface area contributed by atoms with Gasteiger partial charge in [-0.15, -0.1) is 0 Å². The van der Waals surface area contributed by atoms with E-state index in [1.165, 1.54) is 6.39 Å². The lowest BCUT2D eigenvalue weighted by Gasteiger charge is -2.09. The molecule has 0 aliphatic carbocycles. The van der Waals surface area contributed by atoms with E-state index in [0.717, 1.165) is 28.3 Å². The molecule has 2 N–H and O–H groups in total. The van der Waals surface area contributed by atoms with Crippen LogP contribution >= 0.6 is 0 Å². The minimum Gasteiger partial charge on any atom is -0.443 e. The number of nitrogens with one attached hydrogen (secondary N) is 2. The van der Waals surface area contributed by atoms with Gasteiger partial charge in [-0.05, 0) is 31.2 Å². The summed E-state index contributed by atoms with van der Waals surface area (Å²) in [5, 5.41) is 6.20. The van der Waals surface area contributed by atoms with Gasteiger partial charge >= 0.3 is 0 Å². The highest BCUT2D eigenvalue weighted by molar-refractivity contribution is 5.66. The quantitative estimate of drug-likeness (QED) is 0.550. The van der Waals surface area contributed by atoms with Crippen molar-refractivity contribution in [1.82, 2.24) is 19.9 Å². The number of anilines is 3. The molecule has 134 valence electrons. The van der Waals surface area contributed by atoms with Crippen molar-refractivity contribution >= 4 is 17.6 Å². The number of rotatable bonds is 5. The van der Waals surface area contributed by atoms with Crippen molar-refractivity contribution < 1.29 is 4.42 Å². The standard InChI is InChI=1S/C20H18N6O/c1-13-17(27-12-22-13)14-8-10-16(11-9-14)23-20-25-18(24-19(21-2)26-20)15-6-4-3-5-7-15/h3-12H,1-2H3,(H2,21,23,24,25,26). The molecule has 0 aliphatic rings. The third kappa shape index (κ3) is 3.62. The second-order valence-corrected chi connectivity index (χ2v) is 5.89. The Morgan fingerprint density at radius 1 is 0.815 bits per heavy atom. The number of benzene rings is 2. The summed E-state index contributed by atoms with van der Waals surface area (Å²) in [5.41, 5.74) is 3.62. The summed E-state index contributed by atoms with van der Waals surface area (Å²) in [6.45, 7) is 1.92. The lowest BCUT2D eigenvalue weighted by atomic mass is 10.1.